The summed E-state index contributed by atoms with van der Waals surface area (Å²) in [6.45, 7) is 6.61. The lowest BCUT2D eigenvalue weighted by Gasteiger charge is -2.41. The molecule has 0 saturated heterocycles. The van der Waals surface area contributed by atoms with Gasteiger partial charge in [0.15, 0.2) is 0 Å². The van der Waals surface area contributed by atoms with E-state index in [4.69, 9.17) is 0 Å². The van der Waals surface area contributed by atoms with Crippen molar-refractivity contribution in [3.8, 4) is 0 Å². The van der Waals surface area contributed by atoms with Crippen LogP contribution in [0.3, 0.4) is 0 Å². The van der Waals surface area contributed by atoms with Crippen molar-refractivity contribution in [2.75, 3.05) is 0 Å². The molecular formula is C14H23NOS. The zero-order chi connectivity index (χ0) is 12.5. The molecule has 0 spiro atoms. The summed E-state index contributed by atoms with van der Waals surface area (Å²) in [5.41, 5.74) is 1.35. The summed E-state index contributed by atoms with van der Waals surface area (Å²) in [7, 11) is 0. The highest BCUT2D eigenvalue weighted by atomic mass is 32.1. The van der Waals surface area contributed by atoms with E-state index in [9.17, 15) is 5.11 Å². The maximum Gasteiger partial charge on any atom is 0.0954 e. The van der Waals surface area contributed by atoms with Crippen LogP contribution >= 0.6 is 11.3 Å². The molecule has 1 N–H and O–H groups in total. The van der Waals surface area contributed by atoms with E-state index in [0.29, 0.717) is 5.92 Å². The molecule has 0 amide bonds. The smallest absolute Gasteiger partial charge is 0.0954 e. The molecule has 1 saturated carbocycles. The van der Waals surface area contributed by atoms with Gasteiger partial charge in [0.05, 0.1) is 11.1 Å². The molecule has 2 atom stereocenters. The van der Waals surface area contributed by atoms with Crippen LogP contribution < -0.4 is 0 Å². The minimum absolute atomic E-state index is 0.226. The van der Waals surface area contributed by atoms with Crippen LogP contribution in [0.5, 0.6) is 0 Å². The van der Waals surface area contributed by atoms with Crippen molar-refractivity contribution >= 4 is 11.3 Å². The molecule has 1 aliphatic carbocycles. The maximum atomic E-state index is 10.4. The molecule has 1 aromatic rings. The summed E-state index contributed by atoms with van der Waals surface area (Å²) in [5.74, 6) is 0.431. The third kappa shape index (κ3) is 3.08. The first-order chi connectivity index (χ1) is 7.99. The fraction of sp³-hybridized carbons (Fsp3) is 0.786. The molecule has 0 aromatic carbocycles. The lowest BCUT2D eigenvalue weighted by atomic mass is 9.66. The number of aliphatic hydroxyl groups excluding tert-OH is 1. The van der Waals surface area contributed by atoms with Crippen LogP contribution in [0.25, 0.3) is 0 Å². The van der Waals surface area contributed by atoms with Gasteiger partial charge in [0, 0.05) is 17.5 Å². The SMILES string of the molecule is Cc1csc(CC(O)C2CCCCC2(C)C)n1. The van der Waals surface area contributed by atoms with Crippen molar-refractivity contribution in [1.82, 2.24) is 4.98 Å². The number of rotatable bonds is 3. The van der Waals surface area contributed by atoms with E-state index < -0.39 is 0 Å². The quantitative estimate of drug-likeness (QED) is 0.893. The van der Waals surface area contributed by atoms with Crippen molar-refractivity contribution in [1.29, 1.82) is 0 Å². The van der Waals surface area contributed by atoms with Crippen molar-refractivity contribution < 1.29 is 5.11 Å². The molecule has 2 nitrogen and oxygen atoms in total. The molecule has 96 valence electrons. The van der Waals surface area contributed by atoms with E-state index in [-0.39, 0.29) is 11.5 Å². The van der Waals surface area contributed by atoms with E-state index in [1.54, 1.807) is 11.3 Å². The van der Waals surface area contributed by atoms with Crippen molar-refractivity contribution in [3.63, 3.8) is 0 Å². The van der Waals surface area contributed by atoms with Crippen LogP contribution in [-0.4, -0.2) is 16.2 Å². The second-order valence-corrected chi connectivity index (χ2v) is 6.94. The van der Waals surface area contributed by atoms with E-state index in [2.05, 4.69) is 24.2 Å². The number of hydrogen-bond donors (Lipinski definition) is 1. The van der Waals surface area contributed by atoms with Gasteiger partial charge in [-0.1, -0.05) is 26.7 Å². The van der Waals surface area contributed by atoms with Gasteiger partial charge in [0.1, 0.15) is 0 Å². The van der Waals surface area contributed by atoms with Gasteiger partial charge in [-0.3, -0.25) is 0 Å². The molecular weight excluding hydrogens is 230 g/mol. The third-order valence-corrected chi connectivity index (χ3v) is 5.09. The first kappa shape index (κ1) is 13.0. The second-order valence-electron chi connectivity index (χ2n) is 5.99. The molecule has 1 heterocycles. The van der Waals surface area contributed by atoms with E-state index in [1.807, 2.05) is 6.92 Å². The van der Waals surface area contributed by atoms with Crippen LogP contribution in [0, 0.1) is 18.3 Å². The monoisotopic (exact) mass is 253 g/mol. The summed E-state index contributed by atoms with van der Waals surface area (Å²) in [5, 5.41) is 13.6. The number of aryl methyl sites for hydroxylation is 1. The fourth-order valence-electron chi connectivity index (χ4n) is 3.05. The maximum absolute atomic E-state index is 10.4. The Labute approximate surface area is 108 Å². The Morgan fingerprint density at radius 2 is 2.29 bits per heavy atom. The highest BCUT2D eigenvalue weighted by molar-refractivity contribution is 7.09. The molecule has 2 rings (SSSR count). The lowest BCUT2D eigenvalue weighted by Crippen LogP contribution is -2.37. The predicted molar refractivity (Wildman–Crippen MR) is 72.3 cm³/mol. The summed E-state index contributed by atoms with van der Waals surface area (Å²) in [6, 6.07) is 0. The average molecular weight is 253 g/mol. The Hall–Kier alpha value is -0.410. The molecule has 0 bridgehead atoms. The van der Waals surface area contributed by atoms with E-state index in [0.717, 1.165) is 17.1 Å². The standard InChI is InChI=1S/C14H23NOS/c1-10-9-17-13(15-10)8-12(16)11-6-4-5-7-14(11,2)3/h9,11-12,16H,4-8H2,1-3H3. The molecule has 2 unspecified atom stereocenters. The summed E-state index contributed by atoms with van der Waals surface area (Å²) < 4.78 is 0. The molecule has 3 heteroatoms. The summed E-state index contributed by atoms with van der Waals surface area (Å²) in [6.07, 6.45) is 5.49. The summed E-state index contributed by atoms with van der Waals surface area (Å²) in [4.78, 5) is 4.45. The Balaban J connectivity index is 2.01. The molecule has 0 aliphatic heterocycles. The molecule has 1 aromatic heterocycles. The van der Waals surface area contributed by atoms with Crippen LogP contribution in [0.15, 0.2) is 5.38 Å². The molecule has 1 fully saturated rings. The molecule has 0 radical (unpaired) electrons. The Morgan fingerprint density at radius 3 is 2.88 bits per heavy atom. The van der Waals surface area contributed by atoms with E-state index in [1.165, 1.54) is 25.7 Å². The predicted octanol–water partition coefficient (Wildman–Crippen LogP) is 3.57. The van der Waals surface area contributed by atoms with Crippen molar-refractivity contribution in [2.45, 2.75) is 59.0 Å². The molecule has 1 aliphatic rings. The minimum atomic E-state index is -0.226. The highest BCUT2D eigenvalue weighted by Crippen LogP contribution is 2.42. The normalized spacial score (nSPS) is 25.8. The Bertz CT molecular complexity index is 372. The number of aliphatic hydroxyl groups is 1. The van der Waals surface area contributed by atoms with Gasteiger partial charge in [-0.2, -0.15) is 0 Å². The van der Waals surface area contributed by atoms with E-state index >= 15 is 0 Å². The van der Waals surface area contributed by atoms with Crippen molar-refractivity contribution in [3.05, 3.63) is 16.1 Å². The van der Waals surface area contributed by atoms with Gasteiger partial charge in [0.25, 0.3) is 0 Å². The summed E-state index contributed by atoms with van der Waals surface area (Å²) >= 11 is 1.67. The lowest BCUT2D eigenvalue weighted by molar-refractivity contribution is 0.00578. The number of thiazole rings is 1. The van der Waals surface area contributed by atoms with Crippen LogP contribution in [0.1, 0.15) is 50.2 Å². The van der Waals surface area contributed by atoms with Gasteiger partial charge in [-0.15, -0.1) is 11.3 Å². The van der Waals surface area contributed by atoms with Gasteiger partial charge < -0.3 is 5.11 Å². The largest absolute Gasteiger partial charge is 0.392 e. The Morgan fingerprint density at radius 1 is 1.53 bits per heavy atom. The topological polar surface area (TPSA) is 33.1 Å². The van der Waals surface area contributed by atoms with Gasteiger partial charge in [-0.05, 0) is 31.1 Å². The third-order valence-electron chi connectivity index (χ3n) is 4.10. The second kappa shape index (κ2) is 5.07. The fourth-order valence-corrected chi connectivity index (χ4v) is 3.87. The van der Waals surface area contributed by atoms with Gasteiger partial charge in [-0.25, -0.2) is 4.98 Å². The van der Waals surface area contributed by atoms with Crippen molar-refractivity contribution in [2.24, 2.45) is 11.3 Å². The molecule has 17 heavy (non-hydrogen) atoms. The van der Waals surface area contributed by atoms with Crippen LogP contribution in [0.2, 0.25) is 0 Å². The van der Waals surface area contributed by atoms with Crippen LogP contribution in [-0.2, 0) is 6.42 Å². The minimum Gasteiger partial charge on any atom is -0.392 e. The number of aromatic nitrogens is 1. The zero-order valence-corrected chi connectivity index (χ0v) is 11.9. The highest BCUT2D eigenvalue weighted by Gasteiger charge is 2.36. The number of hydrogen-bond acceptors (Lipinski definition) is 3. The first-order valence-corrected chi connectivity index (χ1v) is 7.46. The Kier molecular flexibility index (Phi) is 3.88. The zero-order valence-electron chi connectivity index (χ0n) is 11.1. The number of nitrogens with zero attached hydrogens (tertiary/aromatic N) is 1. The van der Waals surface area contributed by atoms with Crippen LogP contribution in [0.4, 0.5) is 0 Å². The van der Waals surface area contributed by atoms with Gasteiger partial charge >= 0.3 is 0 Å². The van der Waals surface area contributed by atoms with Gasteiger partial charge in [0.2, 0.25) is 0 Å². The first-order valence-electron chi connectivity index (χ1n) is 6.58. The average Bonchev–Trinajstić information content (AvgIpc) is 2.63.